The van der Waals surface area contributed by atoms with Gasteiger partial charge in [0.25, 0.3) is 0 Å². The molecule has 1 aliphatic heterocycles. The van der Waals surface area contributed by atoms with Crippen molar-refractivity contribution in [3.63, 3.8) is 0 Å². The smallest absolute Gasteiger partial charge is 0.405 e. The summed E-state index contributed by atoms with van der Waals surface area (Å²) in [5, 5.41) is 6.13. The van der Waals surface area contributed by atoms with Crippen LogP contribution in [0.3, 0.4) is 0 Å². The van der Waals surface area contributed by atoms with Crippen LogP contribution in [0.2, 0.25) is 0 Å². The van der Waals surface area contributed by atoms with Gasteiger partial charge < -0.3 is 26.0 Å². The van der Waals surface area contributed by atoms with Crippen LogP contribution < -0.4 is 21.1 Å². The zero-order valence-electron chi connectivity index (χ0n) is 16.5. The second-order valence-corrected chi connectivity index (χ2v) is 6.90. The van der Waals surface area contributed by atoms with E-state index in [1.54, 1.807) is 19.2 Å². The maximum Gasteiger partial charge on any atom is 0.573 e. The largest absolute Gasteiger partial charge is 0.573 e. The molecule has 1 atom stereocenters. The maximum atomic E-state index is 12.5. The zero-order valence-corrected chi connectivity index (χ0v) is 16.5. The lowest BCUT2D eigenvalue weighted by molar-refractivity contribution is -0.274. The number of benzene rings is 1. The Bertz CT molecular complexity index is 697. The van der Waals surface area contributed by atoms with Crippen LogP contribution in [0.4, 0.5) is 13.2 Å². The first-order chi connectivity index (χ1) is 13.8. The van der Waals surface area contributed by atoms with E-state index in [2.05, 4.69) is 25.3 Å². The molecule has 1 aliphatic rings. The van der Waals surface area contributed by atoms with Crippen LogP contribution in [0.1, 0.15) is 24.8 Å². The minimum Gasteiger partial charge on any atom is -0.405 e. The van der Waals surface area contributed by atoms with Crippen LogP contribution in [0.25, 0.3) is 0 Å². The molecule has 0 bridgehead atoms. The number of nitrogens with zero attached hydrogens (tertiary/aromatic N) is 2. The number of carbonyl (C=O) groups is 1. The van der Waals surface area contributed by atoms with E-state index in [1.165, 1.54) is 12.1 Å². The highest BCUT2D eigenvalue weighted by molar-refractivity contribution is 5.79. The molecule has 1 unspecified atom stereocenters. The van der Waals surface area contributed by atoms with E-state index in [0.29, 0.717) is 24.6 Å². The number of halogens is 3. The molecule has 0 saturated carbocycles. The van der Waals surface area contributed by atoms with Gasteiger partial charge in [-0.1, -0.05) is 18.2 Å². The molecular weight excluding hydrogens is 387 g/mol. The number of likely N-dealkylation sites (tertiary alicyclic amines) is 1. The zero-order chi connectivity index (χ0) is 21.3. The lowest BCUT2D eigenvalue weighted by Crippen LogP contribution is -2.42. The van der Waals surface area contributed by atoms with Gasteiger partial charge in [-0.05, 0) is 38.4 Å². The van der Waals surface area contributed by atoms with Gasteiger partial charge in [0.2, 0.25) is 5.91 Å². The number of rotatable bonds is 8. The van der Waals surface area contributed by atoms with Crippen LogP contribution in [-0.4, -0.2) is 56.4 Å². The summed E-state index contributed by atoms with van der Waals surface area (Å²) in [5.74, 6) is -0.0742. The molecule has 4 N–H and O–H groups in total. The Hall–Kier alpha value is -2.49. The van der Waals surface area contributed by atoms with Crippen molar-refractivity contribution in [1.82, 2.24) is 15.5 Å². The topological polar surface area (TPSA) is 92.0 Å². The summed E-state index contributed by atoms with van der Waals surface area (Å²) in [7, 11) is 1.59. The number of carbonyl (C=O) groups excluding carboxylic acids is 1. The number of amides is 1. The maximum absolute atomic E-state index is 12.5. The molecule has 10 heteroatoms. The van der Waals surface area contributed by atoms with Gasteiger partial charge in [-0.15, -0.1) is 13.2 Å². The number of aliphatic imine (C=N–C) groups is 1. The molecule has 0 aliphatic carbocycles. The third-order valence-electron chi connectivity index (χ3n) is 4.72. The molecule has 1 fully saturated rings. The monoisotopic (exact) mass is 415 g/mol. The number of hydrogen-bond acceptors (Lipinski definition) is 4. The fraction of sp³-hybridized carbons (Fsp3) is 0.579. The first-order valence-corrected chi connectivity index (χ1v) is 9.58. The van der Waals surface area contributed by atoms with Crippen molar-refractivity contribution in [3.8, 4) is 5.75 Å². The quantitative estimate of drug-likeness (QED) is 0.342. The van der Waals surface area contributed by atoms with Crippen LogP contribution in [0.15, 0.2) is 29.3 Å². The van der Waals surface area contributed by atoms with Crippen molar-refractivity contribution in [3.05, 3.63) is 29.8 Å². The Labute approximate surface area is 168 Å². The normalized spacial score (nSPS) is 18.3. The summed E-state index contributed by atoms with van der Waals surface area (Å²) in [5.41, 5.74) is 5.77. The highest BCUT2D eigenvalue weighted by Gasteiger charge is 2.32. The SMILES string of the molecule is CN=C(NCCCN1CCCC(C(N)=O)C1)NCc1ccccc1OC(F)(F)F. The standard InChI is InChI=1S/C19H28F3N5O2/c1-24-18(25-9-5-11-27-10-4-7-15(13-27)17(23)28)26-12-14-6-2-3-8-16(14)29-19(20,21)22/h2-3,6,8,15H,4-5,7,9-13H2,1H3,(H2,23,28)(H2,24,25,26). The van der Waals surface area contributed by atoms with Gasteiger partial charge >= 0.3 is 6.36 Å². The molecule has 1 aromatic carbocycles. The van der Waals surface area contributed by atoms with Crippen molar-refractivity contribution in [2.24, 2.45) is 16.6 Å². The van der Waals surface area contributed by atoms with E-state index < -0.39 is 6.36 Å². The molecule has 0 radical (unpaired) electrons. The first kappa shape index (κ1) is 22.8. The molecule has 0 spiro atoms. The molecule has 2 rings (SSSR count). The van der Waals surface area contributed by atoms with Crippen molar-refractivity contribution in [1.29, 1.82) is 0 Å². The number of hydrogen-bond donors (Lipinski definition) is 3. The van der Waals surface area contributed by atoms with Gasteiger partial charge in [-0.25, -0.2) is 0 Å². The third kappa shape index (κ3) is 8.18. The van der Waals surface area contributed by atoms with Gasteiger partial charge in [-0.2, -0.15) is 0 Å². The molecule has 1 aromatic rings. The lowest BCUT2D eigenvalue weighted by Gasteiger charge is -2.31. The van der Waals surface area contributed by atoms with E-state index in [-0.39, 0.29) is 24.1 Å². The number of piperidine rings is 1. The van der Waals surface area contributed by atoms with Gasteiger partial charge in [0.15, 0.2) is 5.96 Å². The molecule has 1 saturated heterocycles. The van der Waals surface area contributed by atoms with Crippen molar-refractivity contribution >= 4 is 11.9 Å². The van der Waals surface area contributed by atoms with Crippen LogP contribution in [0.5, 0.6) is 5.75 Å². The highest BCUT2D eigenvalue weighted by Crippen LogP contribution is 2.26. The van der Waals surface area contributed by atoms with Crippen LogP contribution in [-0.2, 0) is 11.3 Å². The predicted octanol–water partition coefficient (Wildman–Crippen LogP) is 1.84. The second-order valence-electron chi connectivity index (χ2n) is 6.90. The van der Waals surface area contributed by atoms with Crippen molar-refractivity contribution in [2.45, 2.75) is 32.2 Å². The first-order valence-electron chi connectivity index (χ1n) is 9.58. The van der Waals surface area contributed by atoms with Gasteiger partial charge in [0.1, 0.15) is 5.75 Å². The Morgan fingerprint density at radius 1 is 1.34 bits per heavy atom. The predicted molar refractivity (Wildman–Crippen MR) is 104 cm³/mol. The molecule has 1 amide bonds. The number of nitrogens with two attached hydrogens (primary N) is 1. The fourth-order valence-electron chi connectivity index (χ4n) is 3.27. The molecular formula is C19H28F3N5O2. The molecule has 7 nitrogen and oxygen atoms in total. The summed E-state index contributed by atoms with van der Waals surface area (Å²) in [6.07, 6.45) is -2.10. The highest BCUT2D eigenvalue weighted by atomic mass is 19.4. The summed E-state index contributed by atoms with van der Waals surface area (Å²) in [6, 6.07) is 5.97. The van der Waals surface area contributed by atoms with E-state index >= 15 is 0 Å². The summed E-state index contributed by atoms with van der Waals surface area (Å²) in [6.45, 7) is 3.25. The van der Waals surface area contributed by atoms with Crippen molar-refractivity contribution < 1.29 is 22.7 Å². The van der Waals surface area contributed by atoms with Gasteiger partial charge in [-0.3, -0.25) is 9.79 Å². The van der Waals surface area contributed by atoms with E-state index in [4.69, 9.17) is 5.73 Å². The Balaban J connectivity index is 1.74. The number of alkyl halides is 3. The minimum absolute atomic E-state index is 0.0786. The van der Waals surface area contributed by atoms with E-state index in [1.807, 2.05) is 0 Å². The Morgan fingerprint density at radius 3 is 2.79 bits per heavy atom. The average molecular weight is 415 g/mol. The van der Waals surface area contributed by atoms with Crippen molar-refractivity contribution in [2.75, 3.05) is 33.2 Å². The Morgan fingerprint density at radius 2 is 2.10 bits per heavy atom. The minimum atomic E-state index is -4.74. The van der Waals surface area contributed by atoms with E-state index in [9.17, 15) is 18.0 Å². The van der Waals surface area contributed by atoms with Crippen LogP contribution in [0, 0.1) is 5.92 Å². The average Bonchev–Trinajstić information content (AvgIpc) is 2.67. The fourth-order valence-corrected chi connectivity index (χ4v) is 3.27. The molecule has 29 heavy (non-hydrogen) atoms. The lowest BCUT2D eigenvalue weighted by atomic mass is 9.97. The Kier molecular flexibility index (Phi) is 8.56. The summed E-state index contributed by atoms with van der Waals surface area (Å²) in [4.78, 5) is 17.6. The van der Waals surface area contributed by atoms with Crippen LogP contribution >= 0.6 is 0 Å². The third-order valence-corrected chi connectivity index (χ3v) is 4.72. The van der Waals surface area contributed by atoms with E-state index in [0.717, 1.165) is 32.4 Å². The number of primary amides is 1. The second kappa shape index (κ2) is 10.9. The number of nitrogens with one attached hydrogen (secondary N) is 2. The summed E-state index contributed by atoms with van der Waals surface area (Å²) >= 11 is 0. The van der Waals surface area contributed by atoms with Gasteiger partial charge in [0.05, 0.1) is 5.92 Å². The number of guanidine groups is 1. The summed E-state index contributed by atoms with van der Waals surface area (Å²) < 4.78 is 41.6. The molecule has 0 aromatic heterocycles. The number of para-hydroxylation sites is 1. The van der Waals surface area contributed by atoms with Gasteiger partial charge in [0, 0.05) is 32.2 Å². The number of ether oxygens (including phenoxy) is 1. The molecule has 162 valence electrons. The molecule has 1 heterocycles.